The molecule has 0 saturated heterocycles. The Kier molecular flexibility index (Phi) is 7.87. The monoisotopic (exact) mass is 308 g/mol. The number of unbranched alkanes of at least 4 members (excludes halogenated alkanes) is 2. The molecule has 1 aromatic carbocycles. The Morgan fingerprint density at radius 3 is 2.57 bits per heavy atom. The zero-order valence-corrected chi connectivity index (χ0v) is 12.6. The highest BCUT2D eigenvalue weighted by Gasteiger charge is 2.07. The van der Waals surface area contributed by atoms with Crippen LogP contribution in [0.5, 0.6) is 0 Å². The van der Waals surface area contributed by atoms with Crippen molar-refractivity contribution in [2.45, 2.75) is 44.8 Å². The van der Waals surface area contributed by atoms with Crippen LogP contribution in [0.1, 0.15) is 44.3 Å². The predicted octanol–water partition coefficient (Wildman–Crippen LogP) is 3.46. The first-order valence-electron chi connectivity index (χ1n) is 6.86. The molecule has 4 heteroatoms. The summed E-state index contributed by atoms with van der Waals surface area (Å²) in [6.07, 6.45) is 1.86. The molecule has 0 bridgehead atoms. The molecule has 0 aliphatic rings. The second-order valence-electron chi connectivity index (χ2n) is 4.63. The summed E-state index contributed by atoms with van der Waals surface area (Å²) < 4.78 is 13.2. The van der Waals surface area contributed by atoms with Crippen LogP contribution in [0, 0.1) is 29.5 Å². The Balaban J connectivity index is 2.56. The first-order valence-corrected chi connectivity index (χ1v) is 7.24. The standard InChI is InChI=1S/C17H18ClFO2/c1-2-3-4-7-14(20)8-5-6-9-17(21)13-10-11-15(18)16(19)12-13/h10-12,14,17,20-21H,2-4,7H2,1H3. The van der Waals surface area contributed by atoms with E-state index in [2.05, 4.69) is 30.6 Å². The molecule has 0 fully saturated rings. The number of aliphatic hydroxyl groups is 2. The molecule has 2 atom stereocenters. The second-order valence-corrected chi connectivity index (χ2v) is 5.03. The Morgan fingerprint density at radius 2 is 1.90 bits per heavy atom. The Labute approximate surface area is 130 Å². The zero-order valence-electron chi connectivity index (χ0n) is 11.9. The van der Waals surface area contributed by atoms with E-state index in [1.165, 1.54) is 12.1 Å². The molecule has 2 N–H and O–H groups in total. The van der Waals surface area contributed by atoms with Gasteiger partial charge in [-0.25, -0.2) is 4.39 Å². The smallest absolute Gasteiger partial charge is 0.142 e. The molecule has 2 unspecified atom stereocenters. The average molecular weight is 309 g/mol. The molecule has 112 valence electrons. The van der Waals surface area contributed by atoms with E-state index in [0.29, 0.717) is 12.0 Å². The number of benzene rings is 1. The highest BCUT2D eigenvalue weighted by Crippen LogP contribution is 2.19. The van der Waals surface area contributed by atoms with E-state index < -0.39 is 18.0 Å². The van der Waals surface area contributed by atoms with Crippen molar-refractivity contribution in [2.75, 3.05) is 0 Å². The van der Waals surface area contributed by atoms with Crippen molar-refractivity contribution in [3.63, 3.8) is 0 Å². The van der Waals surface area contributed by atoms with Crippen molar-refractivity contribution in [1.82, 2.24) is 0 Å². The van der Waals surface area contributed by atoms with Gasteiger partial charge in [-0.1, -0.05) is 49.3 Å². The van der Waals surface area contributed by atoms with E-state index >= 15 is 0 Å². The van der Waals surface area contributed by atoms with Crippen molar-refractivity contribution >= 4 is 11.6 Å². The van der Waals surface area contributed by atoms with Gasteiger partial charge in [0, 0.05) is 0 Å². The van der Waals surface area contributed by atoms with Crippen LogP contribution in [-0.2, 0) is 0 Å². The number of aliphatic hydroxyl groups excluding tert-OH is 2. The maximum absolute atomic E-state index is 13.2. The van der Waals surface area contributed by atoms with Crippen LogP contribution >= 0.6 is 11.6 Å². The zero-order chi connectivity index (χ0) is 15.7. The van der Waals surface area contributed by atoms with Crippen molar-refractivity contribution < 1.29 is 14.6 Å². The number of hydrogen-bond donors (Lipinski definition) is 2. The first-order chi connectivity index (χ1) is 10.0. The summed E-state index contributed by atoms with van der Waals surface area (Å²) in [7, 11) is 0. The summed E-state index contributed by atoms with van der Waals surface area (Å²) in [6.45, 7) is 2.09. The van der Waals surface area contributed by atoms with Gasteiger partial charge in [0.15, 0.2) is 0 Å². The van der Waals surface area contributed by atoms with E-state index in [1.54, 1.807) is 0 Å². The predicted molar refractivity (Wildman–Crippen MR) is 82.1 cm³/mol. The molecular formula is C17H18ClFO2. The Hall–Kier alpha value is -1.52. The van der Waals surface area contributed by atoms with Gasteiger partial charge in [-0.15, -0.1) is 0 Å². The van der Waals surface area contributed by atoms with Gasteiger partial charge in [-0.05, 0) is 42.4 Å². The van der Waals surface area contributed by atoms with Gasteiger partial charge in [-0.3, -0.25) is 0 Å². The maximum Gasteiger partial charge on any atom is 0.142 e. The second kappa shape index (κ2) is 9.42. The van der Waals surface area contributed by atoms with E-state index in [9.17, 15) is 14.6 Å². The van der Waals surface area contributed by atoms with Crippen LogP contribution in [0.15, 0.2) is 18.2 Å². The molecule has 1 aromatic rings. The van der Waals surface area contributed by atoms with Crippen molar-refractivity contribution in [3.05, 3.63) is 34.6 Å². The molecule has 0 radical (unpaired) electrons. The van der Waals surface area contributed by atoms with Gasteiger partial charge in [-0.2, -0.15) is 0 Å². The Morgan fingerprint density at radius 1 is 1.19 bits per heavy atom. The Bertz CT molecular complexity index is 578. The van der Waals surface area contributed by atoms with Crippen LogP contribution < -0.4 is 0 Å². The van der Waals surface area contributed by atoms with Crippen molar-refractivity contribution in [3.8, 4) is 23.7 Å². The summed E-state index contributed by atoms with van der Waals surface area (Å²) in [5.74, 6) is 9.43. The van der Waals surface area contributed by atoms with E-state index in [4.69, 9.17) is 11.6 Å². The first kappa shape index (κ1) is 17.5. The molecule has 0 heterocycles. The minimum absolute atomic E-state index is 0.00565. The summed E-state index contributed by atoms with van der Waals surface area (Å²) in [5, 5.41) is 19.3. The van der Waals surface area contributed by atoms with E-state index in [-0.39, 0.29) is 5.02 Å². The van der Waals surface area contributed by atoms with Crippen LogP contribution in [-0.4, -0.2) is 16.3 Å². The minimum atomic E-state index is -1.14. The molecule has 1 rings (SSSR count). The normalized spacial score (nSPS) is 12.6. The maximum atomic E-state index is 13.2. The molecule has 0 saturated carbocycles. The fourth-order valence-corrected chi connectivity index (χ4v) is 1.77. The number of hydrogen-bond acceptors (Lipinski definition) is 2. The van der Waals surface area contributed by atoms with Crippen LogP contribution in [0.25, 0.3) is 0 Å². The van der Waals surface area contributed by atoms with Crippen molar-refractivity contribution in [2.24, 2.45) is 0 Å². The number of rotatable bonds is 5. The molecule has 0 spiro atoms. The van der Waals surface area contributed by atoms with Crippen LogP contribution in [0.4, 0.5) is 4.39 Å². The summed E-state index contributed by atoms with van der Waals surface area (Å²) in [6, 6.07) is 3.99. The molecule has 0 aliphatic carbocycles. The lowest BCUT2D eigenvalue weighted by Crippen LogP contribution is -2.01. The SMILES string of the molecule is CCCCCC(O)C#CC#CC(O)c1ccc(Cl)c(F)c1. The molecule has 0 amide bonds. The largest absolute Gasteiger partial charge is 0.380 e. The van der Waals surface area contributed by atoms with Gasteiger partial charge in [0.2, 0.25) is 0 Å². The van der Waals surface area contributed by atoms with Crippen molar-refractivity contribution in [1.29, 1.82) is 0 Å². The topological polar surface area (TPSA) is 40.5 Å². The third-order valence-corrected chi connectivity index (χ3v) is 3.16. The number of halogens is 2. The average Bonchev–Trinajstić information content (AvgIpc) is 2.46. The van der Waals surface area contributed by atoms with Gasteiger partial charge >= 0.3 is 0 Å². The van der Waals surface area contributed by atoms with E-state index in [1.807, 2.05) is 0 Å². The fourth-order valence-electron chi connectivity index (χ4n) is 1.65. The highest BCUT2D eigenvalue weighted by molar-refractivity contribution is 6.30. The van der Waals surface area contributed by atoms with Crippen LogP contribution in [0.3, 0.4) is 0 Å². The molecule has 0 aromatic heterocycles. The van der Waals surface area contributed by atoms with Gasteiger partial charge in [0.05, 0.1) is 5.02 Å². The lowest BCUT2D eigenvalue weighted by atomic mass is 10.1. The molecule has 0 aliphatic heterocycles. The molecule has 2 nitrogen and oxygen atoms in total. The van der Waals surface area contributed by atoms with Gasteiger partial charge in [0.1, 0.15) is 18.0 Å². The third kappa shape index (κ3) is 6.65. The third-order valence-electron chi connectivity index (χ3n) is 2.85. The van der Waals surface area contributed by atoms with Gasteiger partial charge in [0.25, 0.3) is 0 Å². The van der Waals surface area contributed by atoms with Crippen LogP contribution in [0.2, 0.25) is 5.02 Å². The summed E-state index contributed by atoms with van der Waals surface area (Å²) in [5.41, 5.74) is 0.315. The fraction of sp³-hybridized carbons (Fsp3) is 0.412. The summed E-state index contributed by atoms with van der Waals surface area (Å²) >= 11 is 5.56. The lowest BCUT2D eigenvalue weighted by molar-refractivity contribution is 0.217. The minimum Gasteiger partial charge on any atom is -0.380 e. The molecular weight excluding hydrogens is 291 g/mol. The van der Waals surface area contributed by atoms with Gasteiger partial charge < -0.3 is 10.2 Å². The summed E-state index contributed by atoms with van der Waals surface area (Å²) in [4.78, 5) is 0. The highest BCUT2D eigenvalue weighted by atomic mass is 35.5. The molecule has 21 heavy (non-hydrogen) atoms. The lowest BCUT2D eigenvalue weighted by Gasteiger charge is -2.03. The quantitative estimate of drug-likeness (QED) is 0.646. The van der Waals surface area contributed by atoms with E-state index in [0.717, 1.165) is 25.3 Å².